The highest BCUT2D eigenvalue weighted by molar-refractivity contribution is 6.30. The zero-order valence-electron chi connectivity index (χ0n) is 11.3. The van der Waals surface area contributed by atoms with Gasteiger partial charge in [-0.25, -0.2) is 4.39 Å². The molecule has 1 aliphatic rings. The van der Waals surface area contributed by atoms with Crippen LogP contribution in [0.4, 0.5) is 4.39 Å². The first-order valence-corrected chi connectivity index (χ1v) is 7.33. The van der Waals surface area contributed by atoms with Gasteiger partial charge in [-0.3, -0.25) is 0 Å². The molecule has 4 heteroatoms. The lowest BCUT2D eigenvalue weighted by Gasteiger charge is -2.31. The Kier molecular flexibility index (Phi) is 5.61. The van der Waals surface area contributed by atoms with Crippen LogP contribution in [0.3, 0.4) is 0 Å². The Morgan fingerprint density at radius 3 is 2.79 bits per heavy atom. The van der Waals surface area contributed by atoms with Crippen molar-refractivity contribution in [3.05, 3.63) is 34.6 Å². The fourth-order valence-corrected chi connectivity index (χ4v) is 2.87. The number of halogens is 2. The van der Waals surface area contributed by atoms with Gasteiger partial charge in [0.2, 0.25) is 0 Å². The summed E-state index contributed by atoms with van der Waals surface area (Å²) in [6, 6.07) is 5.25. The molecule has 0 saturated carbocycles. The fraction of sp³-hybridized carbons (Fsp3) is 0.600. The first-order chi connectivity index (χ1) is 9.20. The molecule has 2 rings (SSSR count). The zero-order valence-corrected chi connectivity index (χ0v) is 12.0. The lowest BCUT2D eigenvalue weighted by molar-refractivity contribution is 0.0539. The van der Waals surface area contributed by atoms with Gasteiger partial charge in [-0.15, -0.1) is 0 Å². The van der Waals surface area contributed by atoms with Crippen LogP contribution in [0.1, 0.15) is 25.3 Å². The number of likely N-dealkylation sites (N-methyl/N-ethyl adjacent to an activating group) is 1. The first-order valence-electron chi connectivity index (χ1n) is 6.95. The van der Waals surface area contributed by atoms with Crippen LogP contribution in [0.5, 0.6) is 0 Å². The topological polar surface area (TPSA) is 21.3 Å². The average Bonchev–Trinajstić information content (AvgIpc) is 2.42. The molecule has 106 valence electrons. The van der Waals surface area contributed by atoms with Crippen LogP contribution in [-0.4, -0.2) is 25.8 Å². The van der Waals surface area contributed by atoms with E-state index in [1.807, 2.05) is 0 Å². The van der Waals surface area contributed by atoms with E-state index in [4.69, 9.17) is 16.3 Å². The minimum atomic E-state index is -0.206. The minimum absolute atomic E-state index is 0.206. The standard InChI is InChI=1S/C15H21ClFNO/c1-2-18-15(11-5-7-19-8-6-11)9-12-3-4-13(16)10-14(12)17/h3-4,10-11,15,18H,2,5-9H2,1H3. The second-order valence-corrected chi connectivity index (χ2v) is 5.49. The van der Waals surface area contributed by atoms with E-state index in [2.05, 4.69) is 12.2 Å². The van der Waals surface area contributed by atoms with Crippen molar-refractivity contribution in [1.29, 1.82) is 0 Å². The third-order valence-corrected chi connectivity index (χ3v) is 3.99. The molecule has 1 aliphatic heterocycles. The van der Waals surface area contributed by atoms with Crippen molar-refractivity contribution < 1.29 is 9.13 Å². The summed E-state index contributed by atoms with van der Waals surface area (Å²) in [4.78, 5) is 0. The van der Waals surface area contributed by atoms with Crippen molar-refractivity contribution in [2.45, 2.75) is 32.2 Å². The highest BCUT2D eigenvalue weighted by Gasteiger charge is 2.24. The van der Waals surface area contributed by atoms with Crippen LogP contribution in [0, 0.1) is 11.7 Å². The molecule has 1 N–H and O–H groups in total. The number of rotatable bonds is 5. The highest BCUT2D eigenvalue weighted by Crippen LogP contribution is 2.23. The molecule has 0 spiro atoms. The molecule has 1 fully saturated rings. The van der Waals surface area contributed by atoms with Gasteiger partial charge in [-0.1, -0.05) is 24.6 Å². The van der Waals surface area contributed by atoms with Crippen LogP contribution in [0.15, 0.2) is 18.2 Å². The van der Waals surface area contributed by atoms with Crippen LogP contribution in [-0.2, 0) is 11.2 Å². The van der Waals surface area contributed by atoms with E-state index < -0.39 is 0 Å². The van der Waals surface area contributed by atoms with Gasteiger partial charge in [0.15, 0.2) is 0 Å². The lowest BCUT2D eigenvalue weighted by atomic mass is 9.87. The van der Waals surface area contributed by atoms with Crippen LogP contribution in [0.2, 0.25) is 5.02 Å². The fourth-order valence-electron chi connectivity index (χ4n) is 2.71. The predicted molar refractivity (Wildman–Crippen MR) is 76.1 cm³/mol. The molecule has 0 radical (unpaired) electrons. The molecule has 19 heavy (non-hydrogen) atoms. The van der Waals surface area contributed by atoms with Crippen LogP contribution >= 0.6 is 11.6 Å². The quantitative estimate of drug-likeness (QED) is 0.895. The number of ether oxygens (including phenoxy) is 1. The molecule has 0 aromatic heterocycles. The number of hydrogen-bond acceptors (Lipinski definition) is 2. The van der Waals surface area contributed by atoms with Crippen molar-refractivity contribution in [2.75, 3.05) is 19.8 Å². The van der Waals surface area contributed by atoms with Crippen LogP contribution in [0.25, 0.3) is 0 Å². The van der Waals surface area contributed by atoms with Crippen molar-refractivity contribution >= 4 is 11.6 Å². The molecule has 1 aromatic rings. The minimum Gasteiger partial charge on any atom is -0.381 e. The van der Waals surface area contributed by atoms with Gasteiger partial charge < -0.3 is 10.1 Å². The zero-order chi connectivity index (χ0) is 13.7. The average molecular weight is 286 g/mol. The Labute approximate surface area is 119 Å². The summed E-state index contributed by atoms with van der Waals surface area (Å²) in [6.45, 7) is 4.62. The van der Waals surface area contributed by atoms with E-state index in [0.717, 1.165) is 38.2 Å². The molecular weight excluding hydrogens is 265 g/mol. The van der Waals surface area contributed by atoms with Crippen molar-refractivity contribution in [2.24, 2.45) is 5.92 Å². The van der Waals surface area contributed by atoms with Crippen LogP contribution < -0.4 is 5.32 Å². The molecular formula is C15H21ClFNO. The Morgan fingerprint density at radius 2 is 2.16 bits per heavy atom. The number of hydrogen-bond donors (Lipinski definition) is 1. The Hall–Kier alpha value is -0.640. The van der Waals surface area contributed by atoms with Gasteiger partial charge in [-0.05, 0) is 49.4 Å². The van der Waals surface area contributed by atoms with E-state index in [1.165, 1.54) is 6.07 Å². The van der Waals surface area contributed by atoms with Crippen molar-refractivity contribution in [3.8, 4) is 0 Å². The number of nitrogens with one attached hydrogen (secondary N) is 1. The Morgan fingerprint density at radius 1 is 1.42 bits per heavy atom. The molecule has 1 unspecified atom stereocenters. The van der Waals surface area contributed by atoms with Crippen molar-refractivity contribution in [1.82, 2.24) is 5.32 Å². The summed E-state index contributed by atoms with van der Waals surface area (Å²) in [5, 5.41) is 3.94. The predicted octanol–water partition coefficient (Wildman–Crippen LogP) is 3.43. The molecule has 0 aliphatic carbocycles. The smallest absolute Gasteiger partial charge is 0.127 e. The first kappa shape index (κ1) is 14.8. The maximum atomic E-state index is 13.9. The molecule has 1 heterocycles. The van der Waals surface area contributed by atoms with E-state index in [0.29, 0.717) is 23.4 Å². The molecule has 1 aromatic carbocycles. The van der Waals surface area contributed by atoms with E-state index >= 15 is 0 Å². The summed E-state index contributed by atoms with van der Waals surface area (Å²) in [5.74, 6) is 0.353. The number of benzene rings is 1. The summed E-state index contributed by atoms with van der Waals surface area (Å²) >= 11 is 5.79. The van der Waals surface area contributed by atoms with Gasteiger partial charge in [0.25, 0.3) is 0 Å². The Bertz CT molecular complexity index is 407. The third-order valence-electron chi connectivity index (χ3n) is 3.76. The SMILES string of the molecule is CCNC(Cc1ccc(Cl)cc1F)C1CCOCC1. The highest BCUT2D eigenvalue weighted by atomic mass is 35.5. The molecule has 1 saturated heterocycles. The molecule has 2 nitrogen and oxygen atoms in total. The normalized spacial score (nSPS) is 18.5. The van der Waals surface area contributed by atoms with E-state index in [1.54, 1.807) is 12.1 Å². The molecule has 0 bridgehead atoms. The largest absolute Gasteiger partial charge is 0.381 e. The summed E-state index contributed by atoms with van der Waals surface area (Å²) in [5.41, 5.74) is 0.738. The summed E-state index contributed by atoms with van der Waals surface area (Å²) in [6.07, 6.45) is 2.81. The molecule has 1 atom stereocenters. The van der Waals surface area contributed by atoms with Gasteiger partial charge in [-0.2, -0.15) is 0 Å². The van der Waals surface area contributed by atoms with E-state index in [-0.39, 0.29) is 5.82 Å². The maximum absolute atomic E-state index is 13.9. The summed E-state index contributed by atoms with van der Waals surface area (Å²) < 4.78 is 19.3. The van der Waals surface area contributed by atoms with E-state index in [9.17, 15) is 4.39 Å². The second kappa shape index (κ2) is 7.22. The lowest BCUT2D eigenvalue weighted by Crippen LogP contribution is -2.40. The summed E-state index contributed by atoms with van der Waals surface area (Å²) in [7, 11) is 0. The second-order valence-electron chi connectivity index (χ2n) is 5.05. The Balaban J connectivity index is 2.06. The maximum Gasteiger partial charge on any atom is 0.127 e. The van der Waals surface area contributed by atoms with Gasteiger partial charge in [0.1, 0.15) is 5.82 Å². The van der Waals surface area contributed by atoms with Gasteiger partial charge in [0.05, 0.1) is 0 Å². The third kappa shape index (κ3) is 4.16. The van der Waals surface area contributed by atoms with Crippen molar-refractivity contribution in [3.63, 3.8) is 0 Å². The van der Waals surface area contributed by atoms with Gasteiger partial charge in [0, 0.05) is 24.3 Å². The molecule has 0 amide bonds. The monoisotopic (exact) mass is 285 g/mol. The van der Waals surface area contributed by atoms with Gasteiger partial charge >= 0.3 is 0 Å².